The summed E-state index contributed by atoms with van der Waals surface area (Å²) < 4.78 is 36.2. The fourth-order valence-electron chi connectivity index (χ4n) is 7.46. The Balaban J connectivity index is 1.41. The molecule has 1 amide bonds. The van der Waals surface area contributed by atoms with E-state index in [9.17, 15) is 19.2 Å². The van der Waals surface area contributed by atoms with Gasteiger partial charge in [0.1, 0.15) is 49.6 Å². The average molecular weight is 979 g/mol. The maximum Gasteiger partial charge on any atom is 0.408 e. The van der Waals surface area contributed by atoms with Crippen molar-refractivity contribution in [3.63, 3.8) is 0 Å². The molecule has 2 atom stereocenters. The van der Waals surface area contributed by atoms with Crippen LogP contribution in [0.25, 0.3) is 11.1 Å². The van der Waals surface area contributed by atoms with E-state index < -0.39 is 49.3 Å². The topological polar surface area (TPSA) is 148 Å². The Morgan fingerprint density at radius 1 is 0.549 bits per heavy atom. The summed E-state index contributed by atoms with van der Waals surface area (Å²) in [6, 6.07) is 48.6. The summed E-state index contributed by atoms with van der Waals surface area (Å²) in [6.07, 6.45) is -1.00. The first-order valence-corrected chi connectivity index (χ1v) is 27.6. The van der Waals surface area contributed by atoms with Crippen molar-refractivity contribution in [2.45, 2.75) is 103 Å². The lowest BCUT2D eigenvalue weighted by atomic mass is 9.88. The summed E-state index contributed by atoms with van der Waals surface area (Å²) in [4.78, 5) is 56.3. The molecular weight excluding hydrogens is 913 g/mol. The predicted octanol–water partition coefficient (Wildman–Crippen LogP) is 10.8. The summed E-state index contributed by atoms with van der Waals surface area (Å²) in [7, 11) is -0.0486. The van der Waals surface area contributed by atoms with Gasteiger partial charge in [0.15, 0.2) is 0 Å². The van der Waals surface area contributed by atoms with Gasteiger partial charge < -0.3 is 33.7 Å². The molecule has 2 N–H and O–H groups in total. The zero-order valence-electron chi connectivity index (χ0n) is 41.8. The van der Waals surface area contributed by atoms with Gasteiger partial charge in [-0.3, -0.25) is 5.32 Å². The van der Waals surface area contributed by atoms with Crippen LogP contribution in [0, 0.1) is 0 Å². The quantitative estimate of drug-likeness (QED) is 0.0274. The van der Waals surface area contributed by atoms with E-state index in [2.05, 4.69) is 30.3 Å². The van der Waals surface area contributed by atoms with E-state index in [0.717, 1.165) is 28.3 Å². The maximum atomic E-state index is 14.4. The molecule has 0 radical (unpaired) electrons. The summed E-state index contributed by atoms with van der Waals surface area (Å²) in [5, 5.41) is 5.79. The van der Waals surface area contributed by atoms with Gasteiger partial charge in [-0.2, -0.15) is 0 Å². The zero-order valence-corrected chi connectivity index (χ0v) is 42.8. The first-order chi connectivity index (χ1) is 34.0. The summed E-state index contributed by atoms with van der Waals surface area (Å²) >= 11 is 0. The van der Waals surface area contributed by atoms with E-state index >= 15 is 0 Å². The van der Waals surface area contributed by atoms with E-state index in [4.69, 9.17) is 28.4 Å². The normalized spacial score (nSPS) is 12.7. The second-order valence-electron chi connectivity index (χ2n) is 19.5. The molecule has 13 heteroatoms. The number of carbonyl (C=O) groups is 4. The molecule has 6 rings (SSSR count). The molecule has 372 valence electrons. The Hall–Kier alpha value is -7.22. The van der Waals surface area contributed by atoms with E-state index in [1.54, 1.807) is 26.8 Å². The average Bonchev–Trinajstić information content (AvgIpc) is 3.35. The zero-order chi connectivity index (χ0) is 50.9. The largest absolute Gasteiger partial charge is 0.489 e. The molecule has 0 aliphatic heterocycles. The van der Waals surface area contributed by atoms with Crippen molar-refractivity contribution in [2.24, 2.45) is 0 Å². The molecule has 2 unspecified atom stereocenters. The third-order valence-corrected chi connectivity index (χ3v) is 13.1. The number of benzene rings is 6. The van der Waals surface area contributed by atoms with Crippen LogP contribution in [-0.4, -0.2) is 62.9 Å². The minimum atomic E-state index is -2.00. The number of hydrogen-bond donors (Lipinski definition) is 2. The number of alkyl carbamates (subject to hydrolysis) is 1. The van der Waals surface area contributed by atoms with Crippen molar-refractivity contribution in [3.05, 3.63) is 191 Å². The number of nitrogens with one attached hydrogen (secondary N) is 2. The van der Waals surface area contributed by atoms with Crippen LogP contribution in [0.4, 0.5) is 4.79 Å². The van der Waals surface area contributed by atoms with Crippen LogP contribution in [0.1, 0.15) is 54.2 Å². The highest BCUT2D eigenvalue weighted by atomic mass is 28.3. The summed E-state index contributed by atoms with van der Waals surface area (Å²) in [6.45, 7) is 12.4. The Morgan fingerprint density at radius 3 is 1.46 bits per heavy atom. The molecular formula is C58H66N2O10Si. The van der Waals surface area contributed by atoms with Gasteiger partial charge >= 0.3 is 24.0 Å². The van der Waals surface area contributed by atoms with Gasteiger partial charge in [0.05, 0.1) is 6.61 Å². The molecule has 0 heterocycles. The van der Waals surface area contributed by atoms with Crippen LogP contribution in [0.3, 0.4) is 0 Å². The number of amides is 1. The molecule has 12 nitrogen and oxygen atoms in total. The third kappa shape index (κ3) is 16.4. The number of carbonyl (C=O) groups excluding carboxylic acids is 4. The number of hydrogen-bond acceptors (Lipinski definition) is 11. The van der Waals surface area contributed by atoms with Crippen LogP contribution in [0.5, 0.6) is 11.5 Å². The third-order valence-electron chi connectivity index (χ3n) is 11.4. The van der Waals surface area contributed by atoms with Crippen LogP contribution in [-0.2, 0) is 72.6 Å². The molecule has 0 bridgehead atoms. The smallest absolute Gasteiger partial charge is 0.408 e. The second-order valence-corrected chi connectivity index (χ2v) is 25.2. The predicted molar refractivity (Wildman–Crippen MR) is 277 cm³/mol. The lowest BCUT2D eigenvalue weighted by molar-refractivity contribution is -0.174. The standard InChI is InChI=1S/C58H66N2O10Si/c1-57(2,3)70-55(63)58(59-4,54(62)68-40-44-24-16-10-17-25-44)37-49-35-47(29-31-52(49)67-39-43-22-14-9-15-23-43)46-28-30-51(66-38-42-20-12-8-13-21-42)48(34-46)36-50(53(61)65-32-33-71(5,6)7)60-56(64)69-41-45-26-18-11-19-27-45/h8-31,34-35,50,59H,32-33,36-41H2,1-7H3,(H,60,64). The SMILES string of the molecule is CNC(Cc1cc(-c2ccc(OCc3ccccc3)c(CC(NC(=O)OCc3ccccc3)C(=O)OCC[Si](C)(C)C)c2)ccc1OCc1ccccc1)(C(=O)OCc1ccccc1)C(=O)OC(C)(C)C. The molecule has 0 saturated heterocycles. The molecule has 0 spiro atoms. The maximum absolute atomic E-state index is 14.4. The molecule has 71 heavy (non-hydrogen) atoms. The number of esters is 3. The lowest BCUT2D eigenvalue weighted by Crippen LogP contribution is -2.61. The lowest BCUT2D eigenvalue weighted by Gasteiger charge is -2.33. The van der Waals surface area contributed by atoms with Crippen molar-refractivity contribution < 1.29 is 47.6 Å². The van der Waals surface area contributed by atoms with Crippen LogP contribution < -0.4 is 20.1 Å². The number of rotatable bonds is 23. The molecule has 6 aromatic rings. The van der Waals surface area contributed by atoms with Crippen molar-refractivity contribution in [1.29, 1.82) is 0 Å². The van der Waals surface area contributed by atoms with Gasteiger partial charge in [-0.1, -0.05) is 153 Å². The summed E-state index contributed by atoms with van der Waals surface area (Å²) in [5.74, 6) is -1.33. The van der Waals surface area contributed by atoms with Gasteiger partial charge in [0, 0.05) is 20.9 Å². The van der Waals surface area contributed by atoms with Crippen molar-refractivity contribution in [3.8, 4) is 22.6 Å². The van der Waals surface area contributed by atoms with Crippen LogP contribution >= 0.6 is 0 Å². The Kier molecular flexibility index (Phi) is 18.8. The van der Waals surface area contributed by atoms with Gasteiger partial charge in [-0.15, -0.1) is 0 Å². The van der Waals surface area contributed by atoms with E-state index in [-0.39, 0.29) is 45.9 Å². The Bertz CT molecular complexity index is 2670. The van der Waals surface area contributed by atoms with E-state index in [0.29, 0.717) is 33.8 Å². The highest BCUT2D eigenvalue weighted by molar-refractivity contribution is 6.76. The van der Waals surface area contributed by atoms with Gasteiger partial charge in [-0.25, -0.2) is 19.2 Å². The monoisotopic (exact) mass is 978 g/mol. The van der Waals surface area contributed by atoms with Crippen molar-refractivity contribution in [2.75, 3.05) is 13.7 Å². The van der Waals surface area contributed by atoms with Crippen molar-refractivity contribution in [1.82, 2.24) is 10.6 Å². The minimum absolute atomic E-state index is 0.00584. The molecule has 6 aromatic carbocycles. The van der Waals surface area contributed by atoms with E-state index in [1.165, 1.54) is 7.05 Å². The first kappa shape index (κ1) is 53.1. The molecule has 0 aliphatic rings. The van der Waals surface area contributed by atoms with Crippen LogP contribution in [0.2, 0.25) is 25.7 Å². The minimum Gasteiger partial charge on any atom is -0.489 e. The number of ether oxygens (including phenoxy) is 6. The summed E-state index contributed by atoms with van der Waals surface area (Å²) in [5.41, 5.74) is 2.95. The fourth-order valence-corrected chi connectivity index (χ4v) is 8.18. The number of likely N-dealkylation sites (N-methyl/N-ethyl adjacent to an activating group) is 1. The van der Waals surface area contributed by atoms with Crippen LogP contribution in [0.15, 0.2) is 158 Å². The van der Waals surface area contributed by atoms with E-state index in [1.807, 2.05) is 152 Å². The Morgan fingerprint density at radius 2 is 1.00 bits per heavy atom. The first-order valence-electron chi connectivity index (χ1n) is 23.9. The molecule has 0 saturated carbocycles. The molecule has 0 aromatic heterocycles. The Labute approximate surface area is 419 Å². The van der Waals surface area contributed by atoms with Gasteiger partial charge in [0.25, 0.3) is 0 Å². The van der Waals surface area contributed by atoms with Gasteiger partial charge in [0.2, 0.25) is 5.54 Å². The second kappa shape index (κ2) is 25.1. The highest BCUT2D eigenvalue weighted by Crippen LogP contribution is 2.35. The molecule has 0 aliphatic carbocycles. The fraction of sp³-hybridized carbons (Fsp3) is 0.310. The molecule has 0 fully saturated rings. The van der Waals surface area contributed by atoms with Crippen molar-refractivity contribution >= 4 is 32.1 Å². The van der Waals surface area contributed by atoms with Gasteiger partial charge in [-0.05, 0) is 103 Å². The highest BCUT2D eigenvalue weighted by Gasteiger charge is 2.50.